The topological polar surface area (TPSA) is 26.0 Å². The van der Waals surface area contributed by atoms with Crippen LogP contribution in [0.25, 0.3) is 0 Å². The second-order valence-electron chi connectivity index (χ2n) is 2.99. The Hall–Kier alpha value is -0.0500. The normalized spacial score (nSPS) is 13.3. The summed E-state index contributed by atoms with van der Waals surface area (Å²) in [5, 5.41) is 2.92. The van der Waals surface area contributed by atoms with E-state index < -0.39 is 0 Å². The third-order valence-corrected chi connectivity index (χ3v) is 3.71. The molecule has 0 bridgehead atoms. The minimum absolute atomic E-state index is 0.126. The van der Waals surface area contributed by atoms with E-state index in [1.807, 2.05) is 6.92 Å². The lowest BCUT2D eigenvalue weighted by Crippen LogP contribution is -2.08. The van der Waals surface area contributed by atoms with Crippen molar-refractivity contribution < 1.29 is 0 Å². The quantitative estimate of drug-likeness (QED) is 0.800. The lowest BCUT2D eigenvalue weighted by Gasteiger charge is -2.07. The van der Waals surface area contributed by atoms with Gasteiger partial charge < -0.3 is 5.73 Å². The molecule has 0 radical (unpaired) electrons. The predicted octanol–water partition coefficient (Wildman–Crippen LogP) is 3.51. The molecule has 0 aliphatic heterocycles. The third-order valence-electron chi connectivity index (χ3n) is 1.86. The summed E-state index contributed by atoms with van der Waals surface area (Å²) < 4.78 is 0. The van der Waals surface area contributed by atoms with Gasteiger partial charge in [0.2, 0.25) is 0 Å². The maximum atomic E-state index is 6.07. The molecule has 0 fully saturated rings. The summed E-state index contributed by atoms with van der Waals surface area (Å²) in [5.74, 6) is 0. The van der Waals surface area contributed by atoms with Crippen LogP contribution in [0.15, 0.2) is 5.38 Å². The predicted molar refractivity (Wildman–Crippen MR) is 55.9 cm³/mol. The fourth-order valence-corrected chi connectivity index (χ4v) is 2.51. The molecule has 1 unspecified atom stereocenters. The molecule has 1 aromatic heterocycles. The highest BCUT2D eigenvalue weighted by molar-refractivity contribution is 7.10. The van der Waals surface area contributed by atoms with E-state index in [-0.39, 0.29) is 6.04 Å². The van der Waals surface area contributed by atoms with E-state index in [1.54, 1.807) is 11.3 Å². The lowest BCUT2D eigenvalue weighted by atomic mass is 10.1. The summed E-state index contributed by atoms with van der Waals surface area (Å²) in [6, 6.07) is 0.126. The van der Waals surface area contributed by atoms with Gasteiger partial charge in [-0.15, -0.1) is 11.3 Å². The summed E-state index contributed by atoms with van der Waals surface area (Å²) in [6.45, 7) is 4.15. The molecule has 0 spiro atoms. The second-order valence-corrected chi connectivity index (χ2v) is 4.28. The third kappa shape index (κ3) is 2.00. The lowest BCUT2D eigenvalue weighted by molar-refractivity contribution is 0.648. The van der Waals surface area contributed by atoms with Crippen molar-refractivity contribution in [3.63, 3.8) is 0 Å². The first-order valence-corrected chi connectivity index (χ1v) is 5.41. The molecule has 1 aromatic rings. The zero-order valence-corrected chi connectivity index (χ0v) is 9.00. The van der Waals surface area contributed by atoms with Crippen molar-refractivity contribution in [2.45, 2.75) is 32.7 Å². The van der Waals surface area contributed by atoms with Gasteiger partial charge in [0.05, 0.1) is 5.02 Å². The molecular formula is C9H14ClNS. The van der Waals surface area contributed by atoms with Gasteiger partial charge in [-0.1, -0.05) is 24.9 Å². The highest BCUT2D eigenvalue weighted by atomic mass is 35.5. The molecule has 1 heterocycles. The van der Waals surface area contributed by atoms with E-state index in [4.69, 9.17) is 17.3 Å². The Morgan fingerprint density at radius 3 is 2.75 bits per heavy atom. The Kier molecular flexibility index (Phi) is 3.56. The minimum atomic E-state index is 0.126. The number of nitrogens with two attached hydrogens (primary N) is 1. The summed E-state index contributed by atoms with van der Waals surface area (Å²) in [7, 11) is 0. The van der Waals surface area contributed by atoms with Gasteiger partial charge in [0, 0.05) is 10.9 Å². The maximum absolute atomic E-state index is 6.07. The molecule has 0 aromatic carbocycles. The number of rotatable bonds is 3. The standard InChI is InChI=1S/C9H14ClNS/c1-3-4-7(11)9-8(10)6(2)5-12-9/h5,7H,3-4,11H2,1-2H3. The molecule has 0 amide bonds. The van der Waals surface area contributed by atoms with Crippen LogP contribution >= 0.6 is 22.9 Å². The van der Waals surface area contributed by atoms with Crippen LogP contribution < -0.4 is 5.73 Å². The van der Waals surface area contributed by atoms with E-state index in [1.165, 1.54) is 0 Å². The van der Waals surface area contributed by atoms with E-state index in [0.29, 0.717) is 0 Å². The van der Waals surface area contributed by atoms with Gasteiger partial charge in [0.25, 0.3) is 0 Å². The van der Waals surface area contributed by atoms with Crippen LogP contribution in [0.2, 0.25) is 5.02 Å². The number of aryl methyl sites for hydroxylation is 1. The number of thiophene rings is 1. The van der Waals surface area contributed by atoms with Crippen molar-refractivity contribution in [3.8, 4) is 0 Å². The first-order valence-electron chi connectivity index (χ1n) is 4.15. The number of hydrogen-bond acceptors (Lipinski definition) is 2. The van der Waals surface area contributed by atoms with Crippen molar-refractivity contribution in [3.05, 3.63) is 20.8 Å². The highest BCUT2D eigenvalue weighted by Crippen LogP contribution is 2.32. The average Bonchev–Trinajstić information content (AvgIpc) is 2.34. The van der Waals surface area contributed by atoms with Gasteiger partial charge in [-0.05, 0) is 24.3 Å². The van der Waals surface area contributed by atoms with Gasteiger partial charge >= 0.3 is 0 Å². The summed E-state index contributed by atoms with van der Waals surface area (Å²) in [4.78, 5) is 1.14. The van der Waals surface area contributed by atoms with E-state index in [9.17, 15) is 0 Å². The number of hydrogen-bond donors (Lipinski definition) is 1. The Balaban J connectivity index is 2.80. The molecule has 1 rings (SSSR count). The summed E-state index contributed by atoms with van der Waals surface area (Å²) in [6.07, 6.45) is 2.12. The number of halogens is 1. The molecular weight excluding hydrogens is 190 g/mol. The second kappa shape index (κ2) is 4.26. The monoisotopic (exact) mass is 203 g/mol. The molecule has 1 nitrogen and oxygen atoms in total. The molecule has 68 valence electrons. The summed E-state index contributed by atoms with van der Waals surface area (Å²) >= 11 is 7.74. The van der Waals surface area contributed by atoms with Crippen molar-refractivity contribution in [1.29, 1.82) is 0 Å². The maximum Gasteiger partial charge on any atom is 0.0590 e. The molecule has 0 aliphatic rings. The zero-order valence-electron chi connectivity index (χ0n) is 7.43. The van der Waals surface area contributed by atoms with Crippen LogP contribution in [0.1, 0.15) is 36.2 Å². The summed E-state index contributed by atoms with van der Waals surface area (Å²) in [5.41, 5.74) is 7.09. The van der Waals surface area contributed by atoms with Gasteiger partial charge in [0.1, 0.15) is 0 Å². The van der Waals surface area contributed by atoms with Crippen LogP contribution in [0.3, 0.4) is 0 Å². The molecule has 3 heteroatoms. The van der Waals surface area contributed by atoms with Crippen LogP contribution in [-0.4, -0.2) is 0 Å². The van der Waals surface area contributed by atoms with Crippen LogP contribution in [0.5, 0.6) is 0 Å². The first-order chi connectivity index (χ1) is 5.66. The Bertz CT molecular complexity index is 257. The Morgan fingerprint density at radius 2 is 2.33 bits per heavy atom. The molecule has 0 saturated heterocycles. The Labute approximate surface area is 82.5 Å². The fraction of sp³-hybridized carbons (Fsp3) is 0.556. The van der Waals surface area contributed by atoms with Crippen LogP contribution in [0.4, 0.5) is 0 Å². The van der Waals surface area contributed by atoms with Crippen molar-refractivity contribution in [1.82, 2.24) is 0 Å². The molecule has 0 saturated carbocycles. The fourth-order valence-electron chi connectivity index (χ4n) is 1.14. The Morgan fingerprint density at radius 1 is 1.67 bits per heavy atom. The molecule has 2 N–H and O–H groups in total. The van der Waals surface area contributed by atoms with Gasteiger partial charge in [-0.25, -0.2) is 0 Å². The van der Waals surface area contributed by atoms with Gasteiger partial charge in [-0.3, -0.25) is 0 Å². The van der Waals surface area contributed by atoms with Crippen LogP contribution in [0, 0.1) is 6.92 Å². The van der Waals surface area contributed by atoms with E-state index in [2.05, 4.69) is 12.3 Å². The minimum Gasteiger partial charge on any atom is -0.323 e. The average molecular weight is 204 g/mol. The molecule has 1 atom stereocenters. The van der Waals surface area contributed by atoms with Crippen LogP contribution in [-0.2, 0) is 0 Å². The van der Waals surface area contributed by atoms with E-state index >= 15 is 0 Å². The van der Waals surface area contributed by atoms with E-state index in [0.717, 1.165) is 28.3 Å². The molecule has 12 heavy (non-hydrogen) atoms. The highest BCUT2D eigenvalue weighted by Gasteiger charge is 2.12. The smallest absolute Gasteiger partial charge is 0.0590 e. The van der Waals surface area contributed by atoms with Gasteiger partial charge in [0.15, 0.2) is 0 Å². The van der Waals surface area contributed by atoms with Crippen molar-refractivity contribution in [2.24, 2.45) is 5.73 Å². The molecule has 0 aliphatic carbocycles. The zero-order chi connectivity index (χ0) is 9.14. The van der Waals surface area contributed by atoms with Crippen molar-refractivity contribution in [2.75, 3.05) is 0 Å². The first kappa shape index (κ1) is 10.0. The van der Waals surface area contributed by atoms with Gasteiger partial charge in [-0.2, -0.15) is 0 Å². The SMILES string of the molecule is CCCC(N)c1scc(C)c1Cl. The van der Waals surface area contributed by atoms with Crippen molar-refractivity contribution >= 4 is 22.9 Å². The largest absolute Gasteiger partial charge is 0.323 e.